The van der Waals surface area contributed by atoms with E-state index >= 15 is 0 Å². The second-order valence-electron chi connectivity index (χ2n) is 2.74. The number of nitrogens with one attached hydrogen (secondary N) is 2. The molecule has 4 N–H and O–H groups in total. The van der Waals surface area contributed by atoms with E-state index < -0.39 is 5.91 Å². The van der Waals surface area contributed by atoms with Gasteiger partial charge in [0.25, 0.3) is 5.91 Å². The molecule has 2 rings (SSSR count). The zero-order chi connectivity index (χ0) is 10.1. The summed E-state index contributed by atoms with van der Waals surface area (Å²) in [7, 11) is 0. The van der Waals surface area contributed by atoms with Crippen LogP contribution in [-0.2, 0) is 0 Å². The molecule has 1 aromatic heterocycles. The Bertz CT molecular complexity index is 493. The van der Waals surface area contributed by atoms with Gasteiger partial charge in [0.15, 0.2) is 5.69 Å². The van der Waals surface area contributed by atoms with Crippen molar-refractivity contribution in [2.24, 2.45) is 5.84 Å². The third-order valence-corrected chi connectivity index (χ3v) is 2.11. The van der Waals surface area contributed by atoms with Crippen molar-refractivity contribution in [3.63, 3.8) is 0 Å². The van der Waals surface area contributed by atoms with Crippen LogP contribution in [0.3, 0.4) is 0 Å². The monoisotopic (exact) mass is 210 g/mol. The van der Waals surface area contributed by atoms with Crippen LogP contribution in [0.4, 0.5) is 0 Å². The number of nitrogens with zero attached hydrogens (tertiary/aromatic N) is 1. The first-order chi connectivity index (χ1) is 6.72. The van der Waals surface area contributed by atoms with Crippen LogP contribution < -0.4 is 11.3 Å². The largest absolute Gasteiger partial charge is 0.289 e. The minimum absolute atomic E-state index is 0.241. The van der Waals surface area contributed by atoms with E-state index in [0.717, 1.165) is 5.52 Å². The predicted octanol–water partition coefficient (Wildman–Crippen LogP) is 0.820. The van der Waals surface area contributed by atoms with Gasteiger partial charge in [-0.3, -0.25) is 15.3 Å². The molecule has 1 heterocycles. The molecule has 0 radical (unpaired) electrons. The van der Waals surface area contributed by atoms with Crippen molar-refractivity contribution in [3.05, 3.63) is 28.9 Å². The summed E-state index contributed by atoms with van der Waals surface area (Å²) in [4.78, 5) is 11.2. The van der Waals surface area contributed by atoms with Crippen molar-refractivity contribution in [2.45, 2.75) is 0 Å². The molecule has 2 aromatic rings. The molecular weight excluding hydrogens is 204 g/mol. The number of carbonyl (C=O) groups is 1. The van der Waals surface area contributed by atoms with Gasteiger partial charge in [0.2, 0.25) is 0 Å². The summed E-state index contributed by atoms with van der Waals surface area (Å²) in [5.41, 5.74) is 3.00. The van der Waals surface area contributed by atoms with Gasteiger partial charge in [0, 0.05) is 10.4 Å². The SMILES string of the molecule is NNC(=O)c1n[nH]c2ccc(Cl)cc12. The van der Waals surface area contributed by atoms with E-state index in [0.29, 0.717) is 10.4 Å². The molecule has 6 heteroatoms. The van der Waals surface area contributed by atoms with E-state index in [1.165, 1.54) is 0 Å². The number of rotatable bonds is 1. The van der Waals surface area contributed by atoms with E-state index in [2.05, 4.69) is 10.2 Å². The quantitative estimate of drug-likeness (QED) is 0.370. The molecule has 0 bridgehead atoms. The Kier molecular flexibility index (Phi) is 2.11. The summed E-state index contributed by atoms with van der Waals surface area (Å²) in [5, 5.41) is 7.74. The van der Waals surface area contributed by atoms with E-state index in [4.69, 9.17) is 17.4 Å². The van der Waals surface area contributed by atoms with E-state index in [1.54, 1.807) is 18.2 Å². The van der Waals surface area contributed by atoms with Gasteiger partial charge < -0.3 is 0 Å². The Morgan fingerprint density at radius 2 is 2.36 bits per heavy atom. The molecule has 1 aromatic carbocycles. The first-order valence-electron chi connectivity index (χ1n) is 3.87. The van der Waals surface area contributed by atoms with Crippen molar-refractivity contribution in [3.8, 4) is 0 Å². The van der Waals surface area contributed by atoms with E-state index in [1.807, 2.05) is 5.43 Å². The third-order valence-electron chi connectivity index (χ3n) is 1.87. The van der Waals surface area contributed by atoms with Crippen LogP contribution in [0.15, 0.2) is 18.2 Å². The molecule has 0 spiro atoms. The second-order valence-corrected chi connectivity index (χ2v) is 3.17. The lowest BCUT2D eigenvalue weighted by Gasteiger charge is -1.95. The summed E-state index contributed by atoms with van der Waals surface area (Å²) in [5.74, 6) is 4.56. The van der Waals surface area contributed by atoms with Crippen molar-refractivity contribution >= 4 is 28.4 Å². The van der Waals surface area contributed by atoms with Crippen LogP contribution in [-0.4, -0.2) is 16.1 Å². The zero-order valence-electron chi connectivity index (χ0n) is 7.04. The summed E-state index contributed by atoms with van der Waals surface area (Å²) in [6.07, 6.45) is 0. The fourth-order valence-electron chi connectivity index (χ4n) is 1.23. The molecule has 1 amide bonds. The Balaban J connectivity index is 2.67. The van der Waals surface area contributed by atoms with Gasteiger partial charge in [0.1, 0.15) is 0 Å². The van der Waals surface area contributed by atoms with Gasteiger partial charge in [-0.2, -0.15) is 5.10 Å². The third kappa shape index (κ3) is 1.32. The summed E-state index contributed by atoms with van der Waals surface area (Å²) < 4.78 is 0. The topological polar surface area (TPSA) is 83.8 Å². The van der Waals surface area contributed by atoms with Gasteiger partial charge in [-0.15, -0.1) is 0 Å². The number of nitrogen functional groups attached to an aromatic ring is 1. The van der Waals surface area contributed by atoms with Crippen LogP contribution in [0.1, 0.15) is 10.5 Å². The molecule has 0 aliphatic heterocycles. The van der Waals surface area contributed by atoms with Crippen molar-refractivity contribution in [2.75, 3.05) is 0 Å². The number of hydrogen-bond donors (Lipinski definition) is 3. The molecule has 0 saturated heterocycles. The average Bonchev–Trinajstić information content (AvgIpc) is 2.59. The maximum Gasteiger partial charge on any atom is 0.286 e. The van der Waals surface area contributed by atoms with Crippen molar-refractivity contribution in [1.29, 1.82) is 0 Å². The minimum Gasteiger partial charge on any atom is -0.289 e. The number of hydrogen-bond acceptors (Lipinski definition) is 3. The summed E-state index contributed by atoms with van der Waals surface area (Å²) >= 11 is 5.79. The number of hydrazine groups is 1. The standard InChI is InChI=1S/C8H7ClN4O/c9-4-1-2-6-5(3-4)7(13-12-6)8(14)11-10/h1-3H,10H2,(H,11,14)(H,12,13). The molecule has 0 unspecified atom stereocenters. The number of nitrogens with two attached hydrogens (primary N) is 1. The molecule has 5 nitrogen and oxygen atoms in total. The van der Waals surface area contributed by atoms with Gasteiger partial charge in [0.05, 0.1) is 5.52 Å². The number of fused-ring (bicyclic) bond motifs is 1. The Hall–Kier alpha value is -1.59. The number of H-pyrrole nitrogens is 1. The van der Waals surface area contributed by atoms with Gasteiger partial charge in [-0.25, -0.2) is 5.84 Å². The van der Waals surface area contributed by atoms with Crippen molar-refractivity contribution in [1.82, 2.24) is 15.6 Å². The number of aromatic nitrogens is 2. The Morgan fingerprint density at radius 1 is 1.57 bits per heavy atom. The van der Waals surface area contributed by atoms with Crippen LogP contribution in [0.2, 0.25) is 5.02 Å². The lowest BCUT2D eigenvalue weighted by Crippen LogP contribution is -2.30. The first kappa shape index (κ1) is 8.98. The van der Waals surface area contributed by atoms with Crippen LogP contribution in [0.5, 0.6) is 0 Å². The van der Waals surface area contributed by atoms with Crippen molar-refractivity contribution < 1.29 is 4.79 Å². The zero-order valence-corrected chi connectivity index (χ0v) is 7.80. The number of benzene rings is 1. The minimum atomic E-state index is -0.446. The molecule has 0 aliphatic rings. The van der Waals surface area contributed by atoms with E-state index in [-0.39, 0.29) is 5.69 Å². The lowest BCUT2D eigenvalue weighted by atomic mass is 10.2. The number of halogens is 1. The highest BCUT2D eigenvalue weighted by Crippen LogP contribution is 2.20. The van der Waals surface area contributed by atoms with Crippen LogP contribution in [0.25, 0.3) is 10.9 Å². The first-order valence-corrected chi connectivity index (χ1v) is 4.24. The number of amides is 1. The van der Waals surface area contributed by atoms with Crippen LogP contribution in [0, 0.1) is 0 Å². The van der Waals surface area contributed by atoms with Crippen LogP contribution >= 0.6 is 11.6 Å². The van der Waals surface area contributed by atoms with Gasteiger partial charge in [-0.1, -0.05) is 11.6 Å². The molecule has 14 heavy (non-hydrogen) atoms. The molecular formula is C8H7ClN4O. The smallest absolute Gasteiger partial charge is 0.286 e. The maximum absolute atomic E-state index is 11.2. The second kappa shape index (κ2) is 3.28. The predicted molar refractivity (Wildman–Crippen MR) is 52.8 cm³/mol. The molecule has 0 saturated carbocycles. The fraction of sp³-hybridized carbons (Fsp3) is 0. The number of aromatic amines is 1. The molecule has 0 fully saturated rings. The van der Waals surface area contributed by atoms with Gasteiger partial charge in [-0.05, 0) is 18.2 Å². The highest BCUT2D eigenvalue weighted by atomic mass is 35.5. The highest BCUT2D eigenvalue weighted by Gasteiger charge is 2.12. The Morgan fingerprint density at radius 3 is 3.07 bits per heavy atom. The summed E-state index contributed by atoms with van der Waals surface area (Å²) in [6.45, 7) is 0. The average molecular weight is 211 g/mol. The molecule has 0 atom stereocenters. The number of carbonyl (C=O) groups excluding carboxylic acids is 1. The lowest BCUT2D eigenvalue weighted by molar-refractivity contribution is 0.0950. The highest BCUT2D eigenvalue weighted by molar-refractivity contribution is 6.31. The maximum atomic E-state index is 11.2. The molecule has 72 valence electrons. The molecule has 0 aliphatic carbocycles. The Labute approximate surface area is 84.2 Å². The van der Waals surface area contributed by atoms with Gasteiger partial charge >= 0.3 is 0 Å². The fourth-order valence-corrected chi connectivity index (χ4v) is 1.40. The normalized spacial score (nSPS) is 10.4. The van der Waals surface area contributed by atoms with E-state index in [9.17, 15) is 4.79 Å². The summed E-state index contributed by atoms with van der Waals surface area (Å²) in [6, 6.07) is 5.12.